The van der Waals surface area contributed by atoms with Gasteiger partial charge in [-0.15, -0.1) is 0 Å². The summed E-state index contributed by atoms with van der Waals surface area (Å²) in [6.07, 6.45) is 1.43. The van der Waals surface area contributed by atoms with E-state index in [0.29, 0.717) is 0 Å². The van der Waals surface area contributed by atoms with Crippen molar-refractivity contribution in [1.29, 1.82) is 0 Å². The summed E-state index contributed by atoms with van der Waals surface area (Å²) in [6.45, 7) is 0.152. The molecule has 88 valence electrons. The number of hydrogen-bond acceptors (Lipinski definition) is 5. The van der Waals surface area contributed by atoms with Crippen LogP contribution in [0, 0.1) is 10.1 Å². The van der Waals surface area contributed by atoms with Gasteiger partial charge >= 0.3 is 11.8 Å². The largest absolute Gasteiger partial charge is 0.468 e. The first-order valence-electron chi connectivity index (χ1n) is 4.05. The molecule has 1 atom stereocenters. The zero-order valence-corrected chi connectivity index (χ0v) is 11.3. The van der Waals surface area contributed by atoms with Gasteiger partial charge in [0.05, 0.1) is 25.0 Å². The molecule has 0 aliphatic heterocycles. The van der Waals surface area contributed by atoms with E-state index in [0.717, 1.165) is 0 Å². The Morgan fingerprint density at radius 1 is 1.81 bits per heavy atom. The number of carbonyl (C=O) groups excluding carboxylic acids is 1. The molecule has 0 radical (unpaired) electrons. The van der Waals surface area contributed by atoms with Crippen molar-refractivity contribution >= 4 is 43.6 Å². The summed E-state index contributed by atoms with van der Waals surface area (Å²) in [6, 6.07) is 0. The lowest BCUT2D eigenvalue weighted by molar-refractivity contribution is -0.390. The summed E-state index contributed by atoms with van der Waals surface area (Å²) < 4.78 is 6.05. The number of esters is 1. The van der Waals surface area contributed by atoms with Crippen molar-refractivity contribution < 1.29 is 14.5 Å². The number of ether oxygens (including phenoxy) is 1. The van der Waals surface area contributed by atoms with Crippen LogP contribution in [-0.4, -0.2) is 32.6 Å². The minimum atomic E-state index is -0.609. The van der Waals surface area contributed by atoms with Crippen LogP contribution in [0.3, 0.4) is 0 Å². The summed E-state index contributed by atoms with van der Waals surface area (Å²) in [5, 5.41) is 14.2. The van der Waals surface area contributed by atoms with Gasteiger partial charge in [-0.25, -0.2) is 0 Å². The first-order chi connectivity index (χ1) is 7.45. The molecule has 0 saturated carbocycles. The summed E-state index contributed by atoms with van der Waals surface area (Å²) in [4.78, 5) is 20.4. The van der Waals surface area contributed by atoms with Gasteiger partial charge in [-0.05, 0) is 20.9 Å². The van der Waals surface area contributed by atoms with E-state index in [1.54, 1.807) is 0 Å². The van der Waals surface area contributed by atoms with Crippen molar-refractivity contribution in [2.45, 2.75) is 11.4 Å². The number of nitrogens with zero attached hydrogens (tertiary/aromatic N) is 3. The summed E-state index contributed by atoms with van der Waals surface area (Å²) >= 11 is 6.10. The van der Waals surface area contributed by atoms with E-state index in [4.69, 9.17) is 0 Å². The van der Waals surface area contributed by atoms with Crippen LogP contribution in [0.4, 0.5) is 5.82 Å². The van der Waals surface area contributed by atoms with Gasteiger partial charge < -0.3 is 14.9 Å². The molecule has 0 aliphatic carbocycles. The number of carbonyl (C=O) groups is 1. The average molecular weight is 357 g/mol. The lowest BCUT2D eigenvalue weighted by Crippen LogP contribution is -2.21. The number of rotatable bonds is 4. The minimum Gasteiger partial charge on any atom is -0.468 e. The summed E-state index contributed by atoms with van der Waals surface area (Å²) in [5.41, 5.74) is 0. The van der Waals surface area contributed by atoms with E-state index in [2.05, 4.69) is 41.7 Å². The normalized spacial score (nSPS) is 12.2. The Morgan fingerprint density at radius 3 is 2.88 bits per heavy atom. The Hall–Kier alpha value is -0.960. The first kappa shape index (κ1) is 13.1. The first-order valence-corrected chi connectivity index (χ1v) is 5.75. The molecule has 16 heavy (non-hydrogen) atoms. The predicted molar refractivity (Wildman–Crippen MR) is 61.3 cm³/mol. The van der Waals surface area contributed by atoms with Crippen molar-refractivity contribution in [1.82, 2.24) is 9.78 Å². The molecule has 7 nitrogen and oxygen atoms in total. The molecular formula is C7H7Br2N3O4. The molecule has 1 unspecified atom stereocenters. The molecule has 1 aromatic heterocycles. The van der Waals surface area contributed by atoms with E-state index >= 15 is 0 Å². The van der Waals surface area contributed by atoms with Gasteiger partial charge in [-0.2, -0.15) is 4.68 Å². The van der Waals surface area contributed by atoms with E-state index in [9.17, 15) is 14.9 Å². The zero-order chi connectivity index (χ0) is 12.3. The maximum atomic E-state index is 11.1. The Bertz CT molecular complexity index is 420. The number of nitro groups is 1. The maximum absolute atomic E-state index is 11.1. The van der Waals surface area contributed by atoms with Crippen molar-refractivity contribution in [2.24, 2.45) is 0 Å². The second-order valence-corrected chi connectivity index (χ2v) is 4.73. The Balaban J connectivity index is 2.79. The van der Waals surface area contributed by atoms with Crippen molar-refractivity contribution in [3.05, 3.63) is 20.8 Å². The fourth-order valence-electron chi connectivity index (χ4n) is 0.971. The molecule has 1 heterocycles. The van der Waals surface area contributed by atoms with E-state index in [-0.39, 0.29) is 16.8 Å². The fraction of sp³-hybridized carbons (Fsp3) is 0.429. The van der Waals surface area contributed by atoms with Crippen LogP contribution in [0.25, 0.3) is 0 Å². The molecule has 0 fully saturated rings. The molecule has 0 spiro atoms. The quantitative estimate of drug-likeness (QED) is 0.353. The van der Waals surface area contributed by atoms with Crippen LogP contribution in [0.2, 0.25) is 0 Å². The molecule has 0 aliphatic rings. The molecular weight excluding hydrogens is 350 g/mol. The van der Waals surface area contributed by atoms with Gasteiger partial charge in [0, 0.05) is 0 Å². The summed E-state index contributed by atoms with van der Waals surface area (Å²) in [7, 11) is 1.26. The fourth-order valence-corrected chi connectivity index (χ4v) is 1.91. The number of hydrogen-bond donors (Lipinski definition) is 0. The summed E-state index contributed by atoms with van der Waals surface area (Å²) in [5.74, 6) is -0.751. The highest BCUT2D eigenvalue weighted by molar-refractivity contribution is 9.10. The van der Waals surface area contributed by atoms with E-state index < -0.39 is 15.7 Å². The predicted octanol–water partition coefficient (Wildman–Crippen LogP) is 1.49. The molecule has 9 heteroatoms. The highest BCUT2D eigenvalue weighted by atomic mass is 79.9. The SMILES string of the molecule is COC(=O)C(Br)Cn1cc(Br)c([N+](=O)[O-])n1. The Kier molecular flexibility index (Phi) is 4.42. The monoisotopic (exact) mass is 355 g/mol. The minimum absolute atomic E-state index is 0.152. The van der Waals surface area contributed by atoms with Crippen molar-refractivity contribution in [3.8, 4) is 0 Å². The number of aromatic nitrogens is 2. The molecule has 0 N–H and O–H groups in total. The highest BCUT2D eigenvalue weighted by Gasteiger charge is 2.23. The Morgan fingerprint density at radius 2 is 2.44 bits per heavy atom. The molecule has 1 aromatic rings. The highest BCUT2D eigenvalue weighted by Crippen LogP contribution is 2.22. The van der Waals surface area contributed by atoms with Gasteiger partial charge in [0.25, 0.3) is 0 Å². The van der Waals surface area contributed by atoms with Crippen LogP contribution < -0.4 is 0 Å². The second kappa shape index (κ2) is 5.39. The van der Waals surface area contributed by atoms with E-state index in [1.165, 1.54) is 18.0 Å². The van der Waals surface area contributed by atoms with Gasteiger partial charge in [0.15, 0.2) is 0 Å². The molecule has 0 bridgehead atoms. The smallest absolute Gasteiger partial charge is 0.404 e. The van der Waals surface area contributed by atoms with Crippen molar-refractivity contribution in [3.63, 3.8) is 0 Å². The Labute approximate surface area is 107 Å². The van der Waals surface area contributed by atoms with Gasteiger partial charge in [-0.3, -0.25) is 4.79 Å². The van der Waals surface area contributed by atoms with E-state index in [1.807, 2.05) is 0 Å². The maximum Gasteiger partial charge on any atom is 0.404 e. The van der Waals surface area contributed by atoms with Crippen LogP contribution in [0.1, 0.15) is 0 Å². The third-order valence-electron chi connectivity index (χ3n) is 1.68. The van der Waals surface area contributed by atoms with Gasteiger partial charge in [0.1, 0.15) is 9.30 Å². The van der Waals surface area contributed by atoms with Crippen LogP contribution in [0.5, 0.6) is 0 Å². The number of methoxy groups -OCH3 is 1. The van der Waals surface area contributed by atoms with Crippen LogP contribution in [-0.2, 0) is 16.1 Å². The lowest BCUT2D eigenvalue weighted by atomic mass is 10.4. The molecule has 0 saturated heterocycles. The van der Waals surface area contributed by atoms with Crippen LogP contribution >= 0.6 is 31.9 Å². The van der Waals surface area contributed by atoms with Crippen LogP contribution in [0.15, 0.2) is 10.7 Å². The number of alkyl halides is 1. The topological polar surface area (TPSA) is 87.3 Å². The second-order valence-electron chi connectivity index (χ2n) is 2.77. The zero-order valence-electron chi connectivity index (χ0n) is 8.09. The van der Waals surface area contributed by atoms with Gasteiger partial charge in [0.2, 0.25) is 0 Å². The van der Waals surface area contributed by atoms with Gasteiger partial charge in [-0.1, -0.05) is 15.9 Å². The standard InChI is InChI=1S/C7H7Br2N3O4/c1-16-7(13)5(9)3-11-2-4(8)6(10-11)12(14)15/h2,5H,3H2,1H3. The van der Waals surface area contributed by atoms with Crippen molar-refractivity contribution in [2.75, 3.05) is 7.11 Å². The lowest BCUT2D eigenvalue weighted by Gasteiger charge is -2.04. The third-order valence-corrected chi connectivity index (χ3v) is 2.90. The average Bonchev–Trinajstić information content (AvgIpc) is 2.58. The molecule has 1 rings (SSSR count). The molecule has 0 amide bonds. The number of halogens is 2. The third kappa shape index (κ3) is 3.01. The molecule has 0 aromatic carbocycles.